The van der Waals surface area contributed by atoms with Gasteiger partial charge in [0.15, 0.2) is 11.5 Å². The molecule has 0 saturated heterocycles. The fourth-order valence-corrected chi connectivity index (χ4v) is 1.59. The van der Waals surface area contributed by atoms with Crippen LogP contribution in [0.1, 0.15) is 5.56 Å². The molecule has 0 fully saturated rings. The van der Waals surface area contributed by atoms with Gasteiger partial charge in [-0.25, -0.2) is 0 Å². The van der Waals surface area contributed by atoms with Gasteiger partial charge in [-0.1, -0.05) is 0 Å². The largest absolute Gasteiger partial charge is 0.504 e. The second-order valence-corrected chi connectivity index (χ2v) is 3.39. The number of phenols is 1. The van der Waals surface area contributed by atoms with E-state index >= 15 is 0 Å². The molecule has 0 radical (unpaired) electrons. The van der Waals surface area contributed by atoms with Crippen LogP contribution in [0.25, 0.3) is 11.1 Å². The van der Waals surface area contributed by atoms with E-state index < -0.39 is 0 Å². The molecule has 4 N–H and O–H groups in total. The summed E-state index contributed by atoms with van der Waals surface area (Å²) in [7, 11) is 1.39. The van der Waals surface area contributed by atoms with Gasteiger partial charge in [0.05, 0.1) is 18.9 Å². The molecule has 0 aliphatic rings. The Bertz CT molecular complexity index is 598. The molecule has 1 heterocycles. The molecule has 0 aliphatic carbocycles. The molecule has 0 amide bonds. The number of nitrogens with zero attached hydrogens (tertiary/aromatic N) is 2. The van der Waals surface area contributed by atoms with Crippen LogP contribution in [-0.2, 0) is 0 Å². The molecule has 0 spiro atoms. The van der Waals surface area contributed by atoms with Crippen LogP contribution in [-0.4, -0.2) is 22.4 Å². The highest BCUT2D eigenvalue weighted by atomic mass is 16.5. The molecule has 1 aromatic heterocycles. The van der Waals surface area contributed by atoms with Gasteiger partial charge in [0.1, 0.15) is 11.9 Å². The zero-order chi connectivity index (χ0) is 12.4. The van der Waals surface area contributed by atoms with Gasteiger partial charge in [-0.15, -0.1) is 0 Å². The highest BCUT2D eigenvalue weighted by molar-refractivity contribution is 5.77. The minimum atomic E-state index is -0.109. The Morgan fingerprint density at radius 1 is 1.53 bits per heavy atom. The maximum atomic E-state index is 9.75. The molecule has 6 heteroatoms. The number of hydrogen-bond donors (Lipinski definition) is 3. The molecule has 1 aromatic carbocycles. The number of phenolic OH excluding ortho intramolecular Hbond substituents is 1. The van der Waals surface area contributed by atoms with Crippen LogP contribution in [0.3, 0.4) is 0 Å². The third-order valence-electron chi connectivity index (χ3n) is 2.37. The Morgan fingerprint density at radius 2 is 2.29 bits per heavy atom. The lowest BCUT2D eigenvalue weighted by atomic mass is 10.0. The molecular weight excluding hydrogens is 220 g/mol. The third-order valence-corrected chi connectivity index (χ3v) is 2.37. The number of H-pyrrole nitrogens is 1. The molecule has 2 aromatic rings. The number of nitrogens with two attached hydrogens (primary N) is 1. The summed E-state index contributed by atoms with van der Waals surface area (Å²) in [4.78, 5) is 0. The fraction of sp³-hybridized carbons (Fsp3) is 0.0909. The van der Waals surface area contributed by atoms with Crippen LogP contribution in [0.5, 0.6) is 11.5 Å². The van der Waals surface area contributed by atoms with Gasteiger partial charge in [-0.05, 0) is 17.7 Å². The van der Waals surface area contributed by atoms with Crippen molar-refractivity contribution in [3.8, 4) is 28.7 Å². The number of aromatic amines is 1. The lowest BCUT2D eigenvalue weighted by Crippen LogP contribution is -1.92. The van der Waals surface area contributed by atoms with E-state index in [1.807, 2.05) is 6.07 Å². The average molecular weight is 230 g/mol. The average Bonchev–Trinajstić information content (AvgIpc) is 2.74. The monoisotopic (exact) mass is 230 g/mol. The van der Waals surface area contributed by atoms with Crippen LogP contribution in [0.15, 0.2) is 18.3 Å². The summed E-state index contributed by atoms with van der Waals surface area (Å²) in [6, 6.07) is 5.01. The summed E-state index contributed by atoms with van der Waals surface area (Å²) in [6.45, 7) is 0. The van der Waals surface area contributed by atoms with Gasteiger partial charge >= 0.3 is 0 Å². The number of rotatable bonds is 2. The standard InChI is InChI=1S/C11H10N4O2/c1-17-10-7(4-12)2-6(3-9(10)16)8-5-14-15-11(8)13/h2-3,5,16H,1H3,(H3,13,14,15). The first-order chi connectivity index (χ1) is 8.17. The van der Waals surface area contributed by atoms with E-state index in [-0.39, 0.29) is 17.1 Å². The van der Waals surface area contributed by atoms with E-state index in [1.54, 1.807) is 6.07 Å². The normalized spacial score (nSPS) is 9.88. The summed E-state index contributed by atoms with van der Waals surface area (Å²) in [5.74, 6) is 0.416. The van der Waals surface area contributed by atoms with E-state index in [4.69, 9.17) is 15.7 Å². The molecule has 0 saturated carbocycles. The molecule has 0 bridgehead atoms. The minimum absolute atomic E-state index is 0.109. The summed E-state index contributed by atoms with van der Waals surface area (Å²) < 4.78 is 4.94. The number of aromatic nitrogens is 2. The number of nitriles is 1. The molecule has 17 heavy (non-hydrogen) atoms. The molecule has 0 unspecified atom stereocenters. The van der Waals surface area contributed by atoms with Gasteiger partial charge in [-0.2, -0.15) is 10.4 Å². The van der Waals surface area contributed by atoms with Crippen LogP contribution < -0.4 is 10.5 Å². The van der Waals surface area contributed by atoms with Crippen molar-refractivity contribution in [1.29, 1.82) is 5.26 Å². The van der Waals surface area contributed by atoms with Crippen molar-refractivity contribution in [2.45, 2.75) is 0 Å². The highest BCUT2D eigenvalue weighted by Crippen LogP contribution is 2.36. The summed E-state index contributed by atoms with van der Waals surface area (Å²) in [5, 5.41) is 25.1. The first kappa shape index (κ1) is 10.8. The first-order valence-electron chi connectivity index (χ1n) is 4.77. The van der Waals surface area contributed by atoms with Crippen molar-refractivity contribution < 1.29 is 9.84 Å². The van der Waals surface area contributed by atoms with Crippen molar-refractivity contribution in [2.24, 2.45) is 0 Å². The maximum absolute atomic E-state index is 9.75. The predicted octanol–water partition coefficient (Wildman–Crippen LogP) is 1.24. The molecule has 6 nitrogen and oxygen atoms in total. The van der Waals surface area contributed by atoms with Crippen LogP contribution >= 0.6 is 0 Å². The number of hydrogen-bond acceptors (Lipinski definition) is 5. The maximum Gasteiger partial charge on any atom is 0.178 e. The van der Waals surface area contributed by atoms with Crippen molar-refractivity contribution in [1.82, 2.24) is 10.2 Å². The second kappa shape index (κ2) is 4.06. The number of benzene rings is 1. The second-order valence-electron chi connectivity index (χ2n) is 3.39. The van der Waals surface area contributed by atoms with Crippen LogP contribution in [0, 0.1) is 11.3 Å². The van der Waals surface area contributed by atoms with E-state index in [9.17, 15) is 5.11 Å². The number of ether oxygens (including phenoxy) is 1. The summed E-state index contributed by atoms with van der Waals surface area (Å²) in [5.41, 5.74) is 7.14. The van der Waals surface area contributed by atoms with Gasteiger partial charge in [0.25, 0.3) is 0 Å². The van der Waals surface area contributed by atoms with E-state index in [0.29, 0.717) is 16.9 Å². The summed E-state index contributed by atoms with van der Waals surface area (Å²) in [6.07, 6.45) is 1.53. The van der Waals surface area contributed by atoms with E-state index in [1.165, 1.54) is 19.4 Å². The van der Waals surface area contributed by atoms with Crippen molar-refractivity contribution in [2.75, 3.05) is 12.8 Å². The smallest absolute Gasteiger partial charge is 0.178 e. The quantitative estimate of drug-likeness (QED) is 0.719. The first-order valence-corrected chi connectivity index (χ1v) is 4.77. The Hall–Kier alpha value is -2.68. The van der Waals surface area contributed by atoms with Gasteiger partial charge in [-0.3, -0.25) is 5.10 Å². The molecule has 86 valence electrons. The Morgan fingerprint density at radius 3 is 2.82 bits per heavy atom. The number of nitrogens with one attached hydrogen (secondary N) is 1. The molecule has 0 atom stereocenters. The zero-order valence-electron chi connectivity index (χ0n) is 9.06. The number of methoxy groups -OCH3 is 1. The topological polar surface area (TPSA) is 108 Å². The lowest BCUT2D eigenvalue weighted by Gasteiger charge is -2.07. The fourth-order valence-electron chi connectivity index (χ4n) is 1.59. The highest BCUT2D eigenvalue weighted by Gasteiger charge is 2.13. The van der Waals surface area contributed by atoms with Crippen molar-refractivity contribution in [3.63, 3.8) is 0 Å². The van der Waals surface area contributed by atoms with Gasteiger partial charge in [0, 0.05) is 5.56 Å². The minimum Gasteiger partial charge on any atom is -0.504 e. The SMILES string of the molecule is COc1c(O)cc(-c2cn[nH]c2N)cc1C#N. The van der Waals surface area contributed by atoms with E-state index in [2.05, 4.69) is 10.2 Å². The third kappa shape index (κ3) is 1.74. The van der Waals surface area contributed by atoms with Crippen molar-refractivity contribution in [3.05, 3.63) is 23.9 Å². The Kier molecular flexibility index (Phi) is 2.58. The Balaban J connectivity index is 2.63. The van der Waals surface area contributed by atoms with Gasteiger partial charge in [0.2, 0.25) is 0 Å². The van der Waals surface area contributed by atoms with Crippen LogP contribution in [0.4, 0.5) is 5.82 Å². The number of anilines is 1. The predicted molar refractivity (Wildman–Crippen MR) is 61.4 cm³/mol. The Labute approximate surface area is 97.3 Å². The number of nitrogen functional groups attached to an aromatic ring is 1. The molecular formula is C11H10N4O2. The zero-order valence-corrected chi connectivity index (χ0v) is 9.06. The van der Waals surface area contributed by atoms with Crippen LogP contribution in [0.2, 0.25) is 0 Å². The summed E-state index contributed by atoms with van der Waals surface area (Å²) >= 11 is 0. The molecule has 0 aliphatic heterocycles. The van der Waals surface area contributed by atoms with Gasteiger partial charge < -0.3 is 15.6 Å². The number of aromatic hydroxyl groups is 1. The van der Waals surface area contributed by atoms with Crippen molar-refractivity contribution >= 4 is 5.82 Å². The van der Waals surface area contributed by atoms with E-state index in [0.717, 1.165) is 0 Å². The molecule has 2 rings (SSSR count). The lowest BCUT2D eigenvalue weighted by molar-refractivity contribution is 0.372.